The van der Waals surface area contributed by atoms with E-state index in [2.05, 4.69) is 18.6 Å². The molecule has 0 radical (unpaired) electrons. The maximum absolute atomic E-state index is 12.0. The lowest BCUT2D eigenvalue weighted by molar-refractivity contribution is 0.108. The van der Waals surface area contributed by atoms with E-state index in [1.54, 1.807) is 11.6 Å². The molecule has 2 N–H and O–H groups in total. The molecule has 6 nitrogen and oxygen atoms in total. The van der Waals surface area contributed by atoms with E-state index >= 15 is 0 Å². The van der Waals surface area contributed by atoms with Crippen LogP contribution in [0.2, 0.25) is 0 Å². The van der Waals surface area contributed by atoms with Gasteiger partial charge in [-0.25, -0.2) is 13.1 Å². The number of hydrogen-bond donors (Lipinski definition) is 2. The second-order valence-corrected chi connectivity index (χ2v) is 6.92. The van der Waals surface area contributed by atoms with Gasteiger partial charge in [0.1, 0.15) is 0 Å². The number of aromatic nitrogens is 1. The molecular formula is C13H24N2O4S. The minimum Gasteiger partial charge on any atom is -0.390 e. The lowest BCUT2D eigenvalue weighted by Crippen LogP contribution is -2.25. The van der Waals surface area contributed by atoms with Crippen molar-refractivity contribution in [3.8, 4) is 0 Å². The van der Waals surface area contributed by atoms with E-state index in [9.17, 15) is 8.42 Å². The molecule has 1 aromatic heterocycles. The second kappa shape index (κ2) is 7.78. The van der Waals surface area contributed by atoms with Crippen molar-refractivity contribution in [3.05, 3.63) is 18.0 Å². The van der Waals surface area contributed by atoms with Crippen molar-refractivity contribution in [1.29, 1.82) is 0 Å². The normalized spacial score (nSPS) is 12.2. The molecule has 0 aliphatic heterocycles. The van der Waals surface area contributed by atoms with Gasteiger partial charge in [0.2, 0.25) is 10.0 Å². The van der Waals surface area contributed by atoms with Crippen LogP contribution in [0.25, 0.3) is 0 Å². The van der Waals surface area contributed by atoms with Crippen LogP contribution in [0.4, 0.5) is 0 Å². The van der Waals surface area contributed by atoms with E-state index in [0.717, 1.165) is 0 Å². The lowest BCUT2D eigenvalue weighted by Gasteiger charge is -2.07. The topological polar surface area (TPSA) is 80.6 Å². The average molecular weight is 304 g/mol. The number of rotatable bonds is 9. The van der Waals surface area contributed by atoms with Gasteiger partial charge in [-0.1, -0.05) is 13.8 Å². The molecule has 0 bridgehead atoms. The molecule has 0 saturated carbocycles. The molecular weight excluding hydrogens is 280 g/mol. The molecule has 7 heteroatoms. The first-order valence-corrected chi connectivity index (χ1v) is 8.18. The summed E-state index contributed by atoms with van der Waals surface area (Å²) in [6.45, 7) is 5.51. The van der Waals surface area contributed by atoms with Crippen molar-refractivity contribution >= 4 is 10.0 Å². The summed E-state index contributed by atoms with van der Waals surface area (Å²) in [6, 6.07) is 1.47. The summed E-state index contributed by atoms with van der Waals surface area (Å²) >= 11 is 0. The second-order valence-electron chi connectivity index (χ2n) is 5.16. The van der Waals surface area contributed by atoms with Crippen molar-refractivity contribution in [2.45, 2.75) is 31.8 Å². The molecule has 0 unspecified atom stereocenters. The summed E-state index contributed by atoms with van der Waals surface area (Å²) in [6.07, 6.45) is 2.12. The van der Waals surface area contributed by atoms with Gasteiger partial charge in [-0.05, 0) is 18.4 Å². The summed E-state index contributed by atoms with van der Waals surface area (Å²) in [4.78, 5) is 0.173. The van der Waals surface area contributed by atoms with Crippen molar-refractivity contribution in [3.63, 3.8) is 0 Å². The number of aliphatic hydroxyl groups is 1. The van der Waals surface area contributed by atoms with Gasteiger partial charge in [-0.2, -0.15) is 0 Å². The number of aryl methyl sites for hydroxylation is 1. The first-order chi connectivity index (χ1) is 9.36. The Morgan fingerprint density at radius 1 is 1.45 bits per heavy atom. The Morgan fingerprint density at radius 2 is 2.15 bits per heavy atom. The maximum atomic E-state index is 12.0. The number of sulfonamides is 1. The van der Waals surface area contributed by atoms with E-state index in [0.29, 0.717) is 37.8 Å². The highest BCUT2D eigenvalue weighted by atomic mass is 32.2. The van der Waals surface area contributed by atoms with Crippen LogP contribution in [0, 0.1) is 5.92 Å². The first-order valence-electron chi connectivity index (χ1n) is 6.70. The van der Waals surface area contributed by atoms with Crippen molar-refractivity contribution < 1.29 is 18.3 Å². The third-order valence-electron chi connectivity index (χ3n) is 2.76. The van der Waals surface area contributed by atoms with E-state index in [4.69, 9.17) is 9.84 Å². The molecule has 0 aliphatic carbocycles. The minimum absolute atomic E-state index is 0.173. The molecule has 0 spiro atoms. The zero-order chi connectivity index (χ0) is 15.2. The van der Waals surface area contributed by atoms with E-state index in [1.807, 2.05) is 0 Å². The van der Waals surface area contributed by atoms with Crippen LogP contribution in [0.3, 0.4) is 0 Å². The summed E-state index contributed by atoms with van der Waals surface area (Å²) < 4.78 is 33.5. The predicted molar refractivity (Wildman–Crippen MR) is 76.8 cm³/mol. The van der Waals surface area contributed by atoms with Gasteiger partial charge in [-0.15, -0.1) is 0 Å². The molecule has 0 aliphatic rings. The van der Waals surface area contributed by atoms with E-state index in [1.165, 1.54) is 12.3 Å². The standard InChI is InChI=1S/C13H24N2O4S/c1-11(2)10-19-6-4-5-14-20(17,18)13-7-12(9-16)15(3)8-13/h7-8,11,14,16H,4-6,9-10H2,1-3H3. The van der Waals surface area contributed by atoms with Crippen molar-refractivity contribution in [1.82, 2.24) is 9.29 Å². The summed E-state index contributed by atoms with van der Waals surface area (Å²) in [5, 5.41) is 9.06. The largest absolute Gasteiger partial charge is 0.390 e. The van der Waals surface area contributed by atoms with E-state index in [-0.39, 0.29) is 11.5 Å². The highest BCUT2D eigenvalue weighted by Crippen LogP contribution is 2.13. The first kappa shape index (κ1) is 17.2. The summed E-state index contributed by atoms with van der Waals surface area (Å²) in [5.74, 6) is 0.480. The Hall–Kier alpha value is -0.890. The van der Waals surface area contributed by atoms with Crippen molar-refractivity contribution in [2.24, 2.45) is 13.0 Å². The monoisotopic (exact) mass is 304 g/mol. The minimum atomic E-state index is -3.51. The van der Waals surface area contributed by atoms with E-state index < -0.39 is 10.0 Å². The van der Waals surface area contributed by atoms with Gasteiger partial charge in [0, 0.05) is 38.7 Å². The molecule has 0 fully saturated rings. The molecule has 0 atom stereocenters. The van der Waals surface area contributed by atoms with Crippen LogP contribution in [0.15, 0.2) is 17.2 Å². The Kier molecular flexibility index (Phi) is 6.67. The van der Waals surface area contributed by atoms with Gasteiger partial charge >= 0.3 is 0 Å². The van der Waals surface area contributed by atoms with Gasteiger partial charge in [-0.3, -0.25) is 0 Å². The fourth-order valence-electron chi connectivity index (χ4n) is 1.66. The fraction of sp³-hybridized carbons (Fsp3) is 0.692. The fourth-order valence-corrected chi connectivity index (χ4v) is 2.83. The predicted octanol–water partition coefficient (Wildman–Crippen LogP) is 0.858. The Bertz CT molecular complexity index is 508. The molecule has 0 amide bonds. The summed E-state index contributed by atoms with van der Waals surface area (Å²) in [7, 11) is -1.81. The Labute approximate surface area is 120 Å². The third kappa shape index (κ3) is 5.24. The molecule has 116 valence electrons. The smallest absolute Gasteiger partial charge is 0.242 e. The number of nitrogens with one attached hydrogen (secondary N) is 1. The number of nitrogens with zero attached hydrogens (tertiary/aromatic N) is 1. The van der Waals surface area contributed by atoms with Gasteiger partial charge in [0.25, 0.3) is 0 Å². The van der Waals surface area contributed by atoms with Gasteiger partial charge in [0.05, 0.1) is 11.5 Å². The molecule has 0 aromatic carbocycles. The highest BCUT2D eigenvalue weighted by molar-refractivity contribution is 7.89. The molecule has 1 aromatic rings. The lowest BCUT2D eigenvalue weighted by atomic mass is 10.2. The van der Waals surface area contributed by atoms with Crippen LogP contribution in [-0.2, 0) is 28.4 Å². The quantitative estimate of drug-likeness (QED) is 0.663. The molecule has 20 heavy (non-hydrogen) atoms. The summed E-state index contributed by atoms with van der Waals surface area (Å²) in [5.41, 5.74) is 0.561. The van der Waals surface area contributed by atoms with Gasteiger partial charge in [0.15, 0.2) is 0 Å². The van der Waals surface area contributed by atoms with Crippen LogP contribution in [0.1, 0.15) is 26.0 Å². The number of hydrogen-bond acceptors (Lipinski definition) is 4. The SMILES string of the molecule is CC(C)COCCCNS(=O)(=O)c1cc(CO)n(C)c1. The van der Waals surface area contributed by atoms with Crippen LogP contribution in [0.5, 0.6) is 0 Å². The van der Waals surface area contributed by atoms with Crippen LogP contribution < -0.4 is 4.72 Å². The zero-order valence-electron chi connectivity index (χ0n) is 12.3. The van der Waals surface area contributed by atoms with Crippen LogP contribution in [-0.4, -0.2) is 37.8 Å². The molecule has 0 saturated heterocycles. The maximum Gasteiger partial charge on any atom is 0.242 e. The average Bonchev–Trinajstić information content (AvgIpc) is 2.75. The Morgan fingerprint density at radius 3 is 2.70 bits per heavy atom. The van der Waals surface area contributed by atoms with Crippen LogP contribution >= 0.6 is 0 Å². The van der Waals surface area contributed by atoms with Crippen molar-refractivity contribution in [2.75, 3.05) is 19.8 Å². The Balaban J connectivity index is 2.41. The zero-order valence-corrected chi connectivity index (χ0v) is 13.1. The molecule has 1 heterocycles. The number of aliphatic hydroxyl groups excluding tert-OH is 1. The number of ether oxygens (including phenoxy) is 1. The molecule has 1 rings (SSSR count). The third-order valence-corrected chi connectivity index (χ3v) is 4.19. The highest BCUT2D eigenvalue weighted by Gasteiger charge is 2.16. The van der Waals surface area contributed by atoms with Gasteiger partial charge < -0.3 is 14.4 Å².